The van der Waals surface area contributed by atoms with Crippen LogP contribution in [0.25, 0.3) is 11.1 Å². The highest BCUT2D eigenvalue weighted by Crippen LogP contribution is 2.51. The van der Waals surface area contributed by atoms with Crippen molar-refractivity contribution in [1.29, 1.82) is 0 Å². The summed E-state index contributed by atoms with van der Waals surface area (Å²) in [7, 11) is -3.31. The van der Waals surface area contributed by atoms with Gasteiger partial charge >= 0.3 is 0 Å². The van der Waals surface area contributed by atoms with Crippen molar-refractivity contribution in [3.63, 3.8) is 0 Å². The smallest absolute Gasteiger partial charge is 0.216 e. The summed E-state index contributed by atoms with van der Waals surface area (Å²) in [6.45, 7) is 2.05. The molecule has 0 bridgehead atoms. The first kappa shape index (κ1) is 20.5. The number of benzene rings is 3. The summed E-state index contributed by atoms with van der Waals surface area (Å²) < 4.78 is 30.6. The zero-order valence-electron chi connectivity index (χ0n) is 17.8. The topological polar surface area (TPSA) is 94.1 Å². The molecule has 32 heavy (non-hydrogen) atoms. The minimum Gasteiger partial charge on any atom is -0.482 e. The maximum atomic E-state index is 12.0. The molecule has 7 heteroatoms. The van der Waals surface area contributed by atoms with Gasteiger partial charge in [0.05, 0.1) is 4.90 Å². The van der Waals surface area contributed by atoms with E-state index in [1.165, 1.54) is 6.26 Å². The van der Waals surface area contributed by atoms with E-state index in [1.54, 1.807) is 24.4 Å². The lowest BCUT2D eigenvalue weighted by atomic mass is 9.75. The number of aliphatic imine (C=N–C) groups is 2. The van der Waals surface area contributed by atoms with E-state index in [-0.39, 0.29) is 10.9 Å². The van der Waals surface area contributed by atoms with Crippen molar-refractivity contribution >= 4 is 22.0 Å². The standard InChI is InChI=1S/C25H23N3O3S/c1-24(19-8-4-3-5-9-19)15-25(16-27-23(26)28-25)21-14-18(11-12-22(21)31-24)17-7-6-10-20(13-17)32(2,29)30/h3-14,16H,15H2,1-2H3,(H2,26,28)/t24-,25?/m1/s1. The molecule has 6 nitrogen and oxygen atoms in total. The molecule has 5 rings (SSSR count). The summed E-state index contributed by atoms with van der Waals surface area (Å²) in [6.07, 6.45) is 3.54. The molecule has 2 atom stereocenters. The molecular weight excluding hydrogens is 422 g/mol. The lowest BCUT2D eigenvalue weighted by Crippen LogP contribution is -2.44. The van der Waals surface area contributed by atoms with Crippen molar-refractivity contribution in [2.45, 2.75) is 29.4 Å². The van der Waals surface area contributed by atoms with Crippen LogP contribution in [-0.4, -0.2) is 26.8 Å². The third-order valence-electron chi connectivity index (χ3n) is 6.09. The van der Waals surface area contributed by atoms with Crippen molar-refractivity contribution in [2.75, 3.05) is 6.26 Å². The highest BCUT2D eigenvalue weighted by atomic mass is 32.2. The Morgan fingerprint density at radius 2 is 1.72 bits per heavy atom. The Bertz CT molecular complexity index is 1380. The van der Waals surface area contributed by atoms with Gasteiger partial charge in [-0.25, -0.2) is 18.4 Å². The van der Waals surface area contributed by atoms with Gasteiger partial charge in [0.1, 0.15) is 16.9 Å². The van der Waals surface area contributed by atoms with Crippen molar-refractivity contribution in [3.8, 4) is 16.9 Å². The molecule has 3 aromatic rings. The average Bonchev–Trinajstić information content (AvgIpc) is 3.14. The van der Waals surface area contributed by atoms with E-state index in [0.717, 1.165) is 22.3 Å². The average molecular weight is 446 g/mol. The molecule has 1 unspecified atom stereocenters. The lowest BCUT2D eigenvalue weighted by molar-refractivity contribution is 0.0422. The summed E-state index contributed by atoms with van der Waals surface area (Å²) in [5.41, 5.74) is 8.18. The van der Waals surface area contributed by atoms with Gasteiger partial charge in [-0.2, -0.15) is 0 Å². The van der Waals surface area contributed by atoms with Crippen LogP contribution in [0.4, 0.5) is 0 Å². The van der Waals surface area contributed by atoms with Crippen LogP contribution in [0.1, 0.15) is 24.5 Å². The van der Waals surface area contributed by atoms with Crippen molar-refractivity contribution < 1.29 is 13.2 Å². The van der Waals surface area contributed by atoms with E-state index in [9.17, 15) is 8.42 Å². The summed E-state index contributed by atoms with van der Waals surface area (Å²) in [4.78, 5) is 9.30. The second-order valence-corrected chi connectivity index (χ2v) is 10.6. The fourth-order valence-electron chi connectivity index (χ4n) is 4.53. The van der Waals surface area contributed by atoms with E-state index in [0.29, 0.717) is 12.2 Å². The number of guanidine groups is 1. The number of rotatable bonds is 3. The molecule has 2 aliphatic rings. The third-order valence-corrected chi connectivity index (χ3v) is 7.20. The molecule has 1 spiro atoms. The Hall–Kier alpha value is -3.45. The predicted molar refractivity (Wildman–Crippen MR) is 126 cm³/mol. The molecule has 162 valence electrons. The first-order valence-corrected chi connectivity index (χ1v) is 12.2. The first-order chi connectivity index (χ1) is 15.2. The maximum absolute atomic E-state index is 12.0. The fraction of sp³-hybridized carbons (Fsp3) is 0.200. The van der Waals surface area contributed by atoms with Gasteiger partial charge in [-0.1, -0.05) is 48.5 Å². The fourth-order valence-corrected chi connectivity index (χ4v) is 5.20. The summed E-state index contributed by atoms with van der Waals surface area (Å²) in [6, 6.07) is 22.8. The van der Waals surface area contributed by atoms with Gasteiger partial charge in [0, 0.05) is 24.5 Å². The number of nitrogens with zero attached hydrogens (tertiary/aromatic N) is 2. The minimum absolute atomic E-state index is 0.234. The van der Waals surface area contributed by atoms with E-state index in [4.69, 9.17) is 15.5 Å². The van der Waals surface area contributed by atoms with E-state index < -0.39 is 21.0 Å². The Labute approximate surface area is 187 Å². The van der Waals surface area contributed by atoms with Gasteiger partial charge in [0.15, 0.2) is 9.84 Å². The molecule has 3 aromatic carbocycles. The monoisotopic (exact) mass is 445 g/mol. The second-order valence-electron chi connectivity index (χ2n) is 8.54. The molecule has 2 aliphatic heterocycles. The number of ether oxygens (including phenoxy) is 1. The maximum Gasteiger partial charge on any atom is 0.216 e. The highest BCUT2D eigenvalue weighted by molar-refractivity contribution is 7.90. The van der Waals surface area contributed by atoms with Gasteiger partial charge in [0.25, 0.3) is 0 Å². The molecule has 0 aromatic heterocycles. The number of hydrogen-bond donors (Lipinski definition) is 1. The van der Waals surface area contributed by atoms with Crippen molar-refractivity contribution in [2.24, 2.45) is 15.7 Å². The Kier molecular flexibility index (Phi) is 4.49. The number of fused-ring (bicyclic) bond motifs is 2. The van der Waals surface area contributed by atoms with Gasteiger partial charge in [-0.3, -0.25) is 0 Å². The molecule has 0 saturated heterocycles. The van der Waals surface area contributed by atoms with Crippen molar-refractivity contribution in [1.82, 2.24) is 0 Å². The Morgan fingerprint density at radius 3 is 2.41 bits per heavy atom. The summed E-state index contributed by atoms with van der Waals surface area (Å²) in [5.74, 6) is 0.938. The van der Waals surface area contributed by atoms with Crippen LogP contribution >= 0.6 is 0 Å². The van der Waals surface area contributed by atoms with Gasteiger partial charge in [-0.15, -0.1) is 0 Å². The van der Waals surface area contributed by atoms with Crippen LogP contribution in [0.3, 0.4) is 0 Å². The van der Waals surface area contributed by atoms with Gasteiger partial charge in [0.2, 0.25) is 5.96 Å². The van der Waals surface area contributed by atoms with Crippen LogP contribution in [0.5, 0.6) is 5.75 Å². The summed E-state index contributed by atoms with van der Waals surface area (Å²) in [5, 5.41) is 0. The number of sulfone groups is 1. The highest BCUT2D eigenvalue weighted by Gasteiger charge is 2.49. The summed E-state index contributed by atoms with van der Waals surface area (Å²) >= 11 is 0. The third kappa shape index (κ3) is 3.39. The molecule has 0 amide bonds. The van der Waals surface area contributed by atoms with Gasteiger partial charge < -0.3 is 10.5 Å². The van der Waals surface area contributed by atoms with Crippen molar-refractivity contribution in [3.05, 3.63) is 83.9 Å². The predicted octanol–water partition coefficient (Wildman–Crippen LogP) is 4.05. The van der Waals surface area contributed by atoms with Crippen LogP contribution in [-0.2, 0) is 21.0 Å². The zero-order valence-corrected chi connectivity index (χ0v) is 18.6. The SMILES string of the molecule is C[C@]1(c2ccccc2)CC2(C=NC(N)=N2)c2cc(-c3cccc(S(C)(=O)=O)c3)ccc2O1. The molecule has 0 aliphatic carbocycles. The quantitative estimate of drug-likeness (QED) is 0.658. The van der Waals surface area contributed by atoms with Crippen LogP contribution in [0.15, 0.2) is 87.7 Å². The van der Waals surface area contributed by atoms with E-state index in [2.05, 4.69) is 4.99 Å². The normalized spacial score (nSPS) is 24.1. The number of nitrogens with two attached hydrogens (primary N) is 1. The van der Waals surface area contributed by atoms with Crippen LogP contribution in [0.2, 0.25) is 0 Å². The van der Waals surface area contributed by atoms with Crippen LogP contribution in [0, 0.1) is 0 Å². The molecule has 2 heterocycles. The Balaban J connectivity index is 1.66. The minimum atomic E-state index is -3.31. The second kappa shape index (κ2) is 7.03. The van der Waals surface area contributed by atoms with E-state index in [1.807, 2.05) is 61.5 Å². The molecule has 2 N–H and O–H groups in total. The van der Waals surface area contributed by atoms with E-state index >= 15 is 0 Å². The Morgan fingerprint density at radius 1 is 0.969 bits per heavy atom. The molecule has 0 fully saturated rings. The zero-order chi connectivity index (χ0) is 22.6. The molecule has 0 saturated carbocycles. The number of hydrogen-bond acceptors (Lipinski definition) is 6. The van der Waals surface area contributed by atoms with Crippen LogP contribution < -0.4 is 10.5 Å². The molecular formula is C25H23N3O3S. The molecule has 0 radical (unpaired) electrons. The van der Waals surface area contributed by atoms with Gasteiger partial charge in [-0.05, 0) is 47.9 Å². The lowest BCUT2D eigenvalue weighted by Gasteiger charge is -2.43. The first-order valence-electron chi connectivity index (χ1n) is 10.3. The largest absolute Gasteiger partial charge is 0.482 e.